The van der Waals surface area contributed by atoms with E-state index in [2.05, 4.69) is 12.2 Å². The maximum Gasteiger partial charge on any atom is 0.0656 e. The molecular formula is C14H21ClN2. The van der Waals surface area contributed by atoms with Gasteiger partial charge in [-0.3, -0.25) is 0 Å². The molecule has 1 aromatic carbocycles. The Morgan fingerprint density at radius 2 is 1.82 bits per heavy atom. The van der Waals surface area contributed by atoms with E-state index in [-0.39, 0.29) is 0 Å². The van der Waals surface area contributed by atoms with Gasteiger partial charge < -0.3 is 11.1 Å². The first-order valence-corrected chi connectivity index (χ1v) is 6.87. The fourth-order valence-electron chi connectivity index (χ4n) is 2.50. The highest BCUT2D eigenvalue weighted by Gasteiger charge is 2.13. The van der Waals surface area contributed by atoms with Gasteiger partial charge in [-0.15, -0.1) is 0 Å². The molecule has 0 aliphatic heterocycles. The number of hydrogen-bond acceptors (Lipinski definition) is 2. The van der Waals surface area contributed by atoms with Gasteiger partial charge in [-0.1, -0.05) is 37.3 Å². The van der Waals surface area contributed by atoms with Crippen LogP contribution in [0.4, 0.5) is 11.4 Å². The van der Waals surface area contributed by atoms with Crippen LogP contribution >= 0.6 is 11.6 Å². The minimum absolute atomic E-state index is 0.593. The maximum absolute atomic E-state index is 6.07. The Hall–Kier alpha value is -0.890. The van der Waals surface area contributed by atoms with Gasteiger partial charge in [-0.2, -0.15) is 0 Å². The first-order chi connectivity index (χ1) is 8.16. The molecule has 3 heteroatoms. The number of nitrogen functional groups attached to an aromatic ring is 1. The lowest BCUT2D eigenvalue weighted by molar-refractivity contribution is 0.619. The number of halogens is 1. The molecule has 17 heavy (non-hydrogen) atoms. The minimum atomic E-state index is 0.593. The van der Waals surface area contributed by atoms with Gasteiger partial charge in [-0.25, -0.2) is 0 Å². The van der Waals surface area contributed by atoms with E-state index >= 15 is 0 Å². The van der Waals surface area contributed by atoms with E-state index in [4.69, 9.17) is 17.3 Å². The van der Waals surface area contributed by atoms with Crippen LogP contribution in [0.25, 0.3) is 0 Å². The molecule has 1 saturated carbocycles. The standard InChI is InChI=1S/C14H21ClN2/c1-10-8-13(16)12(15)9-14(10)17-11-6-4-2-3-5-7-11/h8-9,11,17H,2-7,16H2,1H3. The van der Waals surface area contributed by atoms with Crippen molar-refractivity contribution in [3.63, 3.8) is 0 Å². The lowest BCUT2D eigenvalue weighted by Crippen LogP contribution is -2.18. The lowest BCUT2D eigenvalue weighted by atomic mass is 10.1. The maximum atomic E-state index is 6.07. The number of anilines is 2. The summed E-state index contributed by atoms with van der Waals surface area (Å²) >= 11 is 6.07. The average Bonchev–Trinajstić information content (AvgIpc) is 2.54. The predicted molar refractivity (Wildman–Crippen MR) is 75.7 cm³/mol. The summed E-state index contributed by atoms with van der Waals surface area (Å²) in [6, 6.07) is 4.49. The number of nitrogens with one attached hydrogen (secondary N) is 1. The summed E-state index contributed by atoms with van der Waals surface area (Å²) < 4.78 is 0. The Morgan fingerprint density at radius 1 is 1.18 bits per heavy atom. The van der Waals surface area contributed by atoms with Gasteiger partial charge in [0.05, 0.1) is 10.7 Å². The fraction of sp³-hybridized carbons (Fsp3) is 0.571. The summed E-state index contributed by atoms with van der Waals surface area (Å²) in [5, 5.41) is 4.26. The van der Waals surface area contributed by atoms with Crippen LogP contribution in [-0.2, 0) is 0 Å². The van der Waals surface area contributed by atoms with Crippen LogP contribution in [0.5, 0.6) is 0 Å². The van der Waals surface area contributed by atoms with Crippen LogP contribution in [0.1, 0.15) is 44.1 Å². The molecule has 0 aromatic heterocycles. The number of hydrogen-bond donors (Lipinski definition) is 2. The largest absolute Gasteiger partial charge is 0.398 e. The van der Waals surface area contributed by atoms with Gasteiger partial charge in [-0.05, 0) is 37.5 Å². The van der Waals surface area contributed by atoms with Crippen molar-refractivity contribution in [1.82, 2.24) is 0 Å². The van der Waals surface area contributed by atoms with Gasteiger partial charge in [0.1, 0.15) is 0 Å². The van der Waals surface area contributed by atoms with Gasteiger partial charge in [0.15, 0.2) is 0 Å². The minimum Gasteiger partial charge on any atom is -0.398 e. The third-order valence-electron chi connectivity index (χ3n) is 3.56. The van der Waals surface area contributed by atoms with Crippen molar-refractivity contribution in [2.24, 2.45) is 0 Å². The van der Waals surface area contributed by atoms with Gasteiger partial charge >= 0.3 is 0 Å². The third kappa shape index (κ3) is 3.29. The summed E-state index contributed by atoms with van der Waals surface area (Å²) in [6.07, 6.45) is 7.95. The second-order valence-electron chi connectivity index (χ2n) is 5.02. The van der Waals surface area contributed by atoms with E-state index in [9.17, 15) is 0 Å². The highest BCUT2D eigenvalue weighted by atomic mass is 35.5. The molecule has 2 nitrogen and oxygen atoms in total. The molecule has 1 fully saturated rings. The van der Waals surface area contributed by atoms with Crippen LogP contribution in [-0.4, -0.2) is 6.04 Å². The molecule has 0 unspecified atom stereocenters. The molecule has 0 saturated heterocycles. The molecule has 2 rings (SSSR count). The predicted octanol–water partition coefficient (Wildman–Crippen LogP) is 4.37. The van der Waals surface area contributed by atoms with Gasteiger partial charge in [0.2, 0.25) is 0 Å². The van der Waals surface area contributed by atoms with Crippen LogP contribution in [0, 0.1) is 6.92 Å². The zero-order valence-electron chi connectivity index (χ0n) is 10.4. The van der Waals surface area contributed by atoms with Crippen molar-refractivity contribution in [2.45, 2.75) is 51.5 Å². The topological polar surface area (TPSA) is 38.0 Å². The quantitative estimate of drug-likeness (QED) is 0.606. The molecule has 0 spiro atoms. The Morgan fingerprint density at radius 3 is 2.47 bits per heavy atom. The monoisotopic (exact) mass is 252 g/mol. The van der Waals surface area contributed by atoms with Crippen LogP contribution in [0.3, 0.4) is 0 Å². The van der Waals surface area contributed by atoms with Crippen molar-refractivity contribution >= 4 is 23.0 Å². The van der Waals surface area contributed by atoms with Crippen molar-refractivity contribution in [3.05, 3.63) is 22.7 Å². The Bertz CT molecular complexity index is 382. The lowest BCUT2D eigenvalue weighted by Gasteiger charge is -2.20. The second-order valence-corrected chi connectivity index (χ2v) is 5.43. The molecular weight excluding hydrogens is 232 g/mol. The highest BCUT2D eigenvalue weighted by molar-refractivity contribution is 6.33. The van der Waals surface area contributed by atoms with Crippen molar-refractivity contribution in [1.29, 1.82) is 0 Å². The Balaban J connectivity index is 2.09. The normalized spacial score (nSPS) is 17.8. The molecule has 0 heterocycles. The van der Waals surface area contributed by atoms with E-state index in [1.165, 1.54) is 44.1 Å². The number of rotatable bonds is 2. The summed E-state index contributed by atoms with van der Waals surface area (Å²) in [6.45, 7) is 2.08. The molecule has 94 valence electrons. The van der Waals surface area contributed by atoms with E-state index in [1.54, 1.807) is 0 Å². The Kier molecular flexibility index (Phi) is 4.16. The molecule has 0 amide bonds. The number of aryl methyl sites for hydroxylation is 1. The molecule has 0 bridgehead atoms. The smallest absolute Gasteiger partial charge is 0.0656 e. The second kappa shape index (κ2) is 5.63. The summed E-state index contributed by atoms with van der Waals surface area (Å²) in [5.41, 5.74) is 8.76. The first-order valence-electron chi connectivity index (χ1n) is 6.49. The van der Waals surface area contributed by atoms with Crippen molar-refractivity contribution in [2.75, 3.05) is 11.1 Å². The molecule has 1 aromatic rings. The van der Waals surface area contributed by atoms with E-state index in [0.29, 0.717) is 16.8 Å². The molecule has 0 atom stereocenters. The molecule has 1 aliphatic carbocycles. The summed E-state index contributed by atoms with van der Waals surface area (Å²) in [4.78, 5) is 0. The first kappa shape index (κ1) is 12.6. The molecule has 0 radical (unpaired) electrons. The van der Waals surface area contributed by atoms with Gasteiger partial charge in [0, 0.05) is 11.7 Å². The summed E-state index contributed by atoms with van der Waals surface area (Å²) in [5.74, 6) is 0. The zero-order chi connectivity index (χ0) is 12.3. The van der Waals surface area contributed by atoms with E-state index in [0.717, 1.165) is 5.69 Å². The molecule has 1 aliphatic rings. The van der Waals surface area contributed by atoms with Crippen molar-refractivity contribution in [3.8, 4) is 0 Å². The number of nitrogens with two attached hydrogens (primary N) is 1. The summed E-state index contributed by atoms with van der Waals surface area (Å²) in [7, 11) is 0. The van der Waals surface area contributed by atoms with E-state index < -0.39 is 0 Å². The van der Waals surface area contributed by atoms with E-state index in [1.807, 2.05) is 12.1 Å². The van der Waals surface area contributed by atoms with Gasteiger partial charge in [0.25, 0.3) is 0 Å². The van der Waals surface area contributed by atoms with Crippen LogP contribution in [0.2, 0.25) is 5.02 Å². The van der Waals surface area contributed by atoms with Crippen LogP contribution < -0.4 is 11.1 Å². The van der Waals surface area contributed by atoms with Crippen LogP contribution in [0.15, 0.2) is 12.1 Å². The fourth-order valence-corrected chi connectivity index (χ4v) is 2.67. The molecule has 3 N–H and O–H groups in total. The average molecular weight is 253 g/mol. The SMILES string of the molecule is Cc1cc(N)c(Cl)cc1NC1CCCCCC1. The highest BCUT2D eigenvalue weighted by Crippen LogP contribution is 2.29. The Labute approximate surface area is 109 Å². The number of benzene rings is 1. The van der Waals surface area contributed by atoms with Crippen molar-refractivity contribution < 1.29 is 0 Å². The third-order valence-corrected chi connectivity index (χ3v) is 3.89. The zero-order valence-corrected chi connectivity index (χ0v) is 11.2.